The number of rotatable bonds is 7. The second-order valence-electron chi connectivity index (χ2n) is 8.64. The maximum Gasteiger partial charge on any atom is 0.142 e. The molecule has 164 valence electrons. The van der Waals surface area contributed by atoms with Crippen molar-refractivity contribution in [2.75, 3.05) is 26.4 Å². The summed E-state index contributed by atoms with van der Waals surface area (Å²) in [6.07, 6.45) is 2.25. The zero-order valence-electron chi connectivity index (χ0n) is 18.0. The molecule has 0 spiro atoms. The van der Waals surface area contributed by atoms with Gasteiger partial charge in [0.2, 0.25) is 0 Å². The Morgan fingerprint density at radius 2 is 1.39 bits per heavy atom. The number of para-hydroxylation sites is 1. The molecule has 2 unspecified atom stereocenters. The lowest BCUT2D eigenvalue weighted by molar-refractivity contribution is 0.263. The van der Waals surface area contributed by atoms with Crippen LogP contribution in [-0.2, 0) is 9.47 Å². The lowest BCUT2D eigenvalue weighted by Gasteiger charge is -2.12. The van der Waals surface area contributed by atoms with Crippen molar-refractivity contribution in [3.05, 3.63) is 73.0 Å². The standard InChI is InChI=1S/C28H22O5/c1-2-7-23-20(5-1)21-10-9-17(29-12-18-13-30-18)11-24(21)27-25(16-33-28(23)27)22-6-3-4-8-26(22)32-15-19-14-31-19/h1-11,16,18-19H,12-15H2. The van der Waals surface area contributed by atoms with Crippen LogP contribution in [0.2, 0.25) is 0 Å². The molecule has 0 saturated carbocycles. The van der Waals surface area contributed by atoms with Gasteiger partial charge in [-0.1, -0.05) is 48.5 Å². The van der Waals surface area contributed by atoms with Crippen molar-refractivity contribution in [3.63, 3.8) is 0 Å². The third-order valence-electron chi connectivity index (χ3n) is 6.36. The van der Waals surface area contributed by atoms with E-state index in [9.17, 15) is 0 Å². The van der Waals surface area contributed by atoms with Crippen LogP contribution < -0.4 is 9.47 Å². The fourth-order valence-corrected chi connectivity index (χ4v) is 4.51. The number of fused-ring (bicyclic) bond motifs is 6. The molecule has 33 heavy (non-hydrogen) atoms. The number of ether oxygens (including phenoxy) is 4. The van der Waals surface area contributed by atoms with Gasteiger partial charge >= 0.3 is 0 Å². The topological polar surface area (TPSA) is 56.7 Å². The normalized spacial score (nSPS) is 19.3. The molecule has 0 radical (unpaired) electrons. The lowest BCUT2D eigenvalue weighted by Crippen LogP contribution is -2.04. The zero-order chi connectivity index (χ0) is 21.8. The summed E-state index contributed by atoms with van der Waals surface area (Å²) in [6, 6.07) is 22.8. The summed E-state index contributed by atoms with van der Waals surface area (Å²) < 4.78 is 29.0. The van der Waals surface area contributed by atoms with Gasteiger partial charge in [-0.15, -0.1) is 0 Å². The maximum atomic E-state index is 6.22. The van der Waals surface area contributed by atoms with Crippen molar-refractivity contribution >= 4 is 32.5 Å². The molecule has 1 aromatic heterocycles. The molecule has 7 rings (SSSR count). The second kappa shape index (κ2) is 7.51. The van der Waals surface area contributed by atoms with Crippen LogP contribution in [0.4, 0.5) is 0 Å². The average Bonchev–Trinajstić information content (AvgIpc) is 3.80. The first kappa shape index (κ1) is 19.0. The van der Waals surface area contributed by atoms with Crippen molar-refractivity contribution in [1.82, 2.24) is 0 Å². The van der Waals surface area contributed by atoms with E-state index in [0.29, 0.717) is 13.2 Å². The summed E-state index contributed by atoms with van der Waals surface area (Å²) in [7, 11) is 0. The molecule has 0 N–H and O–H groups in total. The van der Waals surface area contributed by atoms with Crippen LogP contribution in [-0.4, -0.2) is 38.6 Å². The van der Waals surface area contributed by atoms with E-state index >= 15 is 0 Å². The van der Waals surface area contributed by atoms with Gasteiger partial charge in [0.1, 0.15) is 42.5 Å². The Morgan fingerprint density at radius 1 is 0.697 bits per heavy atom. The minimum absolute atomic E-state index is 0.194. The SMILES string of the molecule is c1ccc(-c2coc3c4ccccc4c4ccc(OCC5CO5)cc4c23)c(OCC2CO2)c1. The largest absolute Gasteiger partial charge is 0.491 e. The van der Waals surface area contributed by atoms with Gasteiger partial charge in [0.15, 0.2) is 0 Å². The first-order valence-electron chi connectivity index (χ1n) is 11.3. The fraction of sp³-hybridized carbons (Fsp3) is 0.214. The molecule has 0 amide bonds. The summed E-state index contributed by atoms with van der Waals surface area (Å²) >= 11 is 0. The Bertz CT molecular complexity index is 1490. The van der Waals surface area contributed by atoms with Gasteiger partial charge in [0.05, 0.1) is 19.5 Å². The second-order valence-corrected chi connectivity index (χ2v) is 8.64. The molecule has 5 nitrogen and oxygen atoms in total. The Balaban J connectivity index is 1.45. The number of epoxide rings is 2. The molecule has 5 heteroatoms. The van der Waals surface area contributed by atoms with Crippen LogP contribution in [0.25, 0.3) is 43.6 Å². The van der Waals surface area contributed by atoms with E-state index < -0.39 is 0 Å². The monoisotopic (exact) mass is 438 g/mol. The van der Waals surface area contributed by atoms with E-state index in [0.717, 1.165) is 63.0 Å². The molecule has 4 aromatic carbocycles. The summed E-state index contributed by atoms with van der Waals surface area (Å²) in [5, 5.41) is 5.59. The van der Waals surface area contributed by atoms with Gasteiger partial charge in [0, 0.05) is 21.9 Å². The molecule has 0 aliphatic carbocycles. The highest BCUT2D eigenvalue weighted by Crippen LogP contribution is 2.44. The van der Waals surface area contributed by atoms with Gasteiger partial charge in [-0.05, 0) is 34.4 Å². The highest BCUT2D eigenvalue weighted by Gasteiger charge is 2.25. The minimum atomic E-state index is 0.194. The van der Waals surface area contributed by atoms with Gasteiger partial charge in [0.25, 0.3) is 0 Å². The van der Waals surface area contributed by atoms with E-state index in [-0.39, 0.29) is 12.2 Å². The van der Waals surface area contributed by atoms with Crippen LogP contribution in [0, 0.1) is 0 Å². The molecule has 2 saturated heterocycles. The maximum absolute atomic E-state index is 6.22. The number of hydrogen-bond acceptors (Lipinski definition) is 5. The number of hydrogen-bond donors (Lipinski definition) is 0. The van der Waals surface area contributed by atoms with E-state index in [4.69, 9.17) is 23.4 Å². The summed E-state index contributed by atoms with van der Waals surface area (Å²) in [5.41, 5.74) is 2.89. The molecule has 5 aromatic rings. The first-order valence-corrected chi connectivity index (χ1v) is 11.3. The van der Waals surface area contributed by atoms with Crippen molar-refractivity contribution in [2.24, 2.45) is 0 Å². The smallest absolute Gasteiger partial charge is 0.142 e. The molecule has 2 fully saturated rings. The Morgan fingerprint density at radius 3 is 2.21 bits per heavy atom. The molecule has 3 heterocycles. The van der Waals surface area contributed by atoms with Gasteiger partial charge < -0.3 is 23.4 Å². The van der Waals surface area contributed by atoms with E-state index in [2.05, 4.69) is 42.5 Å². The van der Waals surface area contributed by atoms with Crippen molar-refractivity contribution in [2.45, 2.75) is 12.2 Å². The highest BCUT2D eigenvalue weighted by atomic mass is 16.6. The van der Waals surface area contributed by atoms with Crippen LogP contribution >= 0.6 is 0 Å². The number of benzene rings is 4. The lowest BCUT2D eigenvalue weighted by atomic mass is 9.94. The van der Waals surface area contributed by atoms with E-state index in [1.165, 1.54) is 5.39 Å². The molecule has 2 aliphatic rings. The predicted octanol–water partition coefficient (Wildman–Crippen LogP) is 5.96. The Hall–Kier alpha value is -3.54. The number of furan rings is 1. The van der Waals surface area contributed by atoms with Crippen molar-refractivity contribution in [3.8, 4) is 22.6 Å². The molecule has 2 atom stereocenters. The summed E-state index contributed by atoms with van der Waals surface area (Å²) in [6.45, 7) is 2.66. The molecular formula is C28H22O5. The quantitative estimate of drug-likeness (QED) is 0.232. The molecule has 2 aliphatic heterocycles. The predicted molar refractivity (Wildman–Crippen MR) is 127 cm³/mol. The van der Waals surface area contributed by atoms with Gasteiger partial charge in [-0.3, -0.25) is 0 Å². The van der Waals surface area contributed by atoms with Crippen LogP contribution in [0.1, 0.15) is 0 Å². The first-order chi connectivity index (χ1) is 16.3. The van der Waals surface area contributed by atoms with Crippen molar-refractivity contribution in [1.29, 1.82) is 0 Å². The van der Waals surface area contributed by atoms with Gasteiger partial charge in [-0.25, -0.2) is 0 Å². The average molecular weight is 438 g/mol. The zero-order valence-corrected chi connectivity index (χ0v) is 18.0. The Labute approximate surface area is 190 Å². The van der Waals surface area contributed by atoms with Crippen LogP contribution in [0.3, 0.4) is 0 Å². The van der Waals surface area contributed by atoms with Crippen LogP contribution in [0.15, 0.2) is 77.4 Å². The van der Waals surface area contributed by atoms with E-state index in [1.807, 2.05) is 30.5 Å². The molecular weight excluding hydrogens is 416 g/mol. The van der Waals surface area contributed by atoms with Crippen molar-refractivity contribution < 1.29 is 23.4 Å². The Kier molecular flexibility index (Phi) is 4.32. The van der Waals surface area contributed by atoms with Gasteiger partial charge in [-0.2, -0.15) is 0 Å². The minimum Gasteiger partial charge on any atom is -0.491 e. The highest BCUT2D eigenvalue weighted by molar-refractivity contribution is 6.27. The summed E-state index contributed by atoms with van der Waals surface area (Å²) in [4.78, 5) is 0. The third kappa shape index (κ3) is 3.41. The summed E-state index contributed by atoms with van der Waals surface area (Å²) in [5.74, 6) is 1.66. The van der Waals surface area contributed by atoms with E-state index in [1.54, 1.807) is 0 Å². The van der Waals surface area contributed by atoms with Crippen LogP contribution in [0.5, 0.6) is 11.5 Å². The molecule has 0 bridgehead atoms. The fourth-order valence-electron chi connectivity index (χ4n) is 4.51. The third-order valence-corrected chi connectivity index (χ3v) is 6.36.